The van der Waals surface area contributed by atoms with Gasteiger partial charge in [-0.2, -0.15) is 0 Å². The van der Waals surface area contributed by atoms with Gasteiger partial charge in [-0.05, 0) is 94.2 Å². The number of aliphatic carboxylic acids is 6. The molecule has 0 radical (unpaired) electrons. The van der Waals surface area contributed by atoms with Gasteiger partial charge in [0.05, 0.1) is 57.0 Å². The summed E-state index contributed by atoms with van der Waals surface area (Å²) in [4.78, 5) is 64.5. The predicted octanol–water partition coefficient (Wildman–Crippen LogP) is 14.7. The van der Waals surface area contributed by atoms with Gasteiger partial charge in [0.15, 0.2) is 9.84 Å². The van der Waals surface area contributed by atoms with Crippen molar-refractivity contribution >= 4 is 67.3 Å². The van der Waals surface area contributed by atoms with Crippen LogP contribution in [0.2, 0.25) is 0 Å². The molecule has 3 aromatic carbocycles. The Morgan fingerprint density at radius 2 is 0.568 bits per heavy atom. The summed E-state index contributed by atoms with van der Waals surface area (Å²) in [5.74, 6) is -2.62. The van der Waals surface area contributed by atoms with Gasteiger partial charge >= 0.3 is 35.8 Å². The van der Waals surface area contributed by atoms with E-state index in [2.05, 4.69) is 0 Å². The molecule has 0 spiro atoms. The van der Waals surface area contributed by atoms with E-state index in [0.29, 0.717) is 71.2 Å². The summed E-state index contributed by atoms with van der Waals surface area (Å²) in [6.07, 6.45) is 29.8. The van der Waals surface area contributed by atoms with Crippen LogP contribution in [0.25, 0.3) is 0 Å². The van der Waals surface area contributed by atoms with Crippen LogP contribution in [0.15, 0.2) is 87.5 Å². The number of hydrogen-bond acceptors (Lipinski definition) is 13. The molecule has 498 valence electrons. The highest BCUT2D eigenvalue weighted by Crippen LogP contribution is 2.27. The molecule has 0 bridgehead atoms. The van der Waals surface area contributed by atoms with Gasteiger partial charge in [0.25, 0.3) is 0 Å². The number of unbranched alkanes of at least 4 members (excludes halogenated alkanes) is 24. The topological polar surface area (TPSA) is 320 Å². The molecular formula is C66H102O19S3. The normalized spacial score (nSPS) is 11.7. The Balaban J connectivity index is 0.000000660. The van der Waals surface area contributed by atoms with Gasteiger partial charge in [0.2, 0.25) is 0 Å². The third-order valence-corrected chi connectivity index (χ3v) is 18.8. The monoisotopic (exact) mass is 1290 g/mol. The summed E-state index contributed by atoms with van der Waals surface area (Å²) in [6, 6.07) is 21.0. The number of para-hydroxylation sites is 3. The fourth-order valence-corrected chi connectivity index (χ4v) is 13.1. The first-order valence-electron chi connectivity index (χ1n) is 31.8. The number of benzene rings is 3. The van der Waals surface area contributed by atoms with Crippen molar-refractivity contribution in [3.8, 4) is 17.2 Å². The van der Waals surface area contributed by atoms with Gasteiger partial charge in [0, 0.05) is 50.0 Å². The summed E-state index contributed by atoms with van der Waals surface area (Å²) in [5, 5.41) is 51.8. The maximum Gasteiger partial charge on any atom is 0.303 e. The van der Waals surface area contributed by atoms with Gasteiger partial charge in [-0.15, -0.1) is 0 Å². The van der Waals surface area contributed by atoms with Crippen molar-refractivity contribution in [3.05, 3.63) is 72.8 Å². The molecule has 0 saturated carbocycles. The zero-order valence-corrected chi connectivity index (χ0v) is 54.3. The first-order chi connectivity index (χ1) is 42.3. The zero-order valence-electron chi connectivity index (χ0n) is 51.8. The molecule has 0 amide bonds. The maximum atomic E-state index is 12.6. The average molecular weight is 1300 g/mol. The molecule has 0 aliphatic rings. The van der Waals surface area contributed by atoms with Crippen LogP contribution in [0, 0.1) is 0 Å². The van der Waals surface area contributed by atoms with E-state index in [4.69, 9.17) is 44.8 Å². The van der Waals surface area contributed by atoms with E-state index in [9.17, 15) is 45.6 Å². The molecule has 6 N–H and O–H groups in total. The molecule has 0 heterocycles. The maximum absolute atomic E-state index is 12.6. The lowest BCUT2D eigenvalue weighted by Gasteiger charge is -2.12. The summed E-state index contributed by atoms with van der Waals surface area (Å²) in [7, 11) is -5.94. The summed E-state index contributed by atoms with van der Waals surface area (Å²) < 4.78 is 67.1. The molecule has 88 heavy (non-hydrogen) atoms. The Kier molecular flexibility index (Phi) is 48.3. The van der Waals surface area contributed by atoms with Crippen LogP contribution in [0.5, 0.6) is 17.2 Å². The van der Waals surface area contributed by atoms with E-state index in [1.54, 1.807) is 30.3 Å². The van der Waals surface area contributed by atoms with Gasteiger partial charge in [0.1, 0.15) is 22.1 Å². The van der Waals surface area contributed by atoms with Gasteiger partial charge < -0.3 is 44.8 Å². The number of carboxylic acid groups (broad SMARTS) is 6. The smallest absolute Gasteiger partial charge is 0.303 e. The highest BCUT2D eigenvalue weighted by atomic mass is 32.2. The van der Waals surface area contributed by atoms with Crippen LogP contribution >= 0.6 is 0 Å². The third kappa shape index (κ3) is 45.4. The zero-order chi connectivity index (χ0) is 64.9. The van der Waals surface area contributed by atoms with Crippen LogP contribution in [-0.2, 0) is 60.2 Å². The van der Waals surface area contributed by atoms with Crippen molar-refractivity contribution in [2.45, 2.75) is 246 Å². The van der Waals surface area contributed by atoms with Crippen molar-refractivity contribution in [2.75, 3.05) is 37.1 Å². The molecule has 19 nitrogen and oxygen atoms in total. The van der Waals surface area contributed by atoms with Crippen LogP contribution in [-0.4, -0.2) is 120 Å². The number of rotatable bonds is 54. The third-order valence-electron chi connectivity index (χ3n) is 14.0. The molecule has 0 aromatic heterocycles. The molecule has 2 atom stereocenters. The fourth-order valence-electron chi connectivity index (χ4n) is 9.19. The van der Waals surface area contributed by atoms with Crippen molar-refractivity contribution in [1.82, 2.24) is 0 Å². The molecule has 3 rings (SSSR count). The van der Waals surface area contributed by atoms with E-state index < -0.39 is 67.3 Å². The Morgan fingerprint density at radius 3 is 0.955 bits per heavy atom. The minimum absolute atomic E-state index is 0.0249. The largest absolute Gasteiger partial charge is 0.492 e. The van der Waals surface area contributed by atoms with Crippen molar-refractivity contribution in [1.29, 1.82) is 0 Å². The molecule has 3 aromatic rings. The molecule has 0 saturated heterocycles. The lowest BCUT2D eigenvalue weighted by Crippen LogP contribution is -2.11. The highest BCUT2D eigenvalue weighted by Gasteiger charge is 2.20. The second kappa shape index (κ2) is 53.0. The quantitative estimate of drug-likeness (QED) is 0.0286. The summed E-state index contributed by atoms with van der Waals surface area (Å²) >= 11 is 0. The molecule has 2 unspecified atom stereocenters. The van der Waals surface area contributed by atoms with Crippen LogP contribution in [0.3, 0.4) is 0 Å². The lowest BCUT2D eigenvalue weighted by molar-refractivity contribution is -0.138. The van der Waals surface area contributed by atoms with Crippen LogP contribution in [0.4, 0.5) is 0 Å². The summed E-state index contributed by atoms with van der Waals surface area (Å²) in [6.45, 7) is 1.33. The van der Waals surface area contributed by atoms with E-state index in [1.807, 2.05) is 36.4 Å². The van der Waals surface area contributed by atoms with E-state index in [-0.39, 0.29) is 55.6 Å². The average Bonchev–Trinajstić information content (AvgIpc) is 3.66. The Hall–Kier alpha value is -5.87. The Labute approximate surface area is 528 Å². The standard InChI is InChI=1S/C22H34O7S.2C22H34O6S/c23-21(24)15-8-6-4-2-1-3-5-7-11-17-29-19-13-9-10-14-20(19)30(27,28)18-12-16-22(25)26;23-21(24)15-8-6-4-2-1-3-5-7-11-18-29(27)20-14-10-9-13-19(20)28-17-12-16-22(25)26;23-21(24)15-8-6-4-2-1-3-5-7-11-17-28-19-13-9-10-14-20(19)29(27)18-12-16-22(25)26/h9-10,13-14H,1-8,11-12,15-18H2,(H,23,24)(H,25,26);2*9-10,13-14H,1-8,11-12,15-18H2,(H,23,24)(H,25,26). The number of carboxylic acids is 6. The van der Waals surface area contributed by atoms with Crippen LogP contribution < -0.4 is 14.2 Å². The molecule has 0 fully saturated rings. The second-order valence-corrected chi connectivity index (χ2v) is 26.9. The van der Waals surface area contributed by atoms with Gasteiger partial charge in [-0.3, -0.25) is 37.2 Å². The van der Waals surface area contributed by atoms with Crippen molar-refractivity contribution < 1.29 is 90.5 Å². The first-order valence-corrected chi connectivity index (χ1v) is 36.1. The van der Waals surface area contributed by atoms with Crippen molar-refractivity contribution in [3.63, 3.8) is 0 Å². The first kappa shape index (κ1) is 80.1. The van der Waals surface area contributed by atoms with Gasteiger partial charge in [-0.1, -0.05) is 171 Å². The van der Waals surface area contributed by atoms with E-state index in [0.717, 1.165) is 154 Å². The minimum atomic E-state index is -3.58. The van der Waals surface area contributed by atoms with Crippen molar-refractivity contribution in [2.24, 2.45) is 0 Å². The molecule has 0 aliphatic carbocycles. The SMILES string of the molecule is O=C(O)CCCCCCCCCCCOc1ccccc1S(=O)(=O)CCCC(=O)O.O=C(O)CCCCCCCCCCCOc1ccccc1S(=O)CCCC(=O)O.O=C(O)CCCCCCCCCCCS(=O)c1ccccc1OCCCC(=O)O. The minimum Gasteiger partial charge on any atom is -0.492 e. The van der Waals surface area contributed by atoms with E-state index in [1.165, 1.54) is 25.3 Å². The van der Waals surface area contributed by atoms with E-state index >= 15 is 0 Å². The molecule has 22 heteroatoms. The number of carbonyl (C=O) groups is 6. The molecule has 0 aliphatic heterocycles. The Bertz CT molecular complexity index is 2550. The number of sulfone groups is 1. The Morgan fingerprint density at radius 1 is 0.307 bits per heavy atom. The van der Waals surface area contributed by atoms with Gasteiger partial charge in [-0.25, -0.2) is 8.42 Å². The predicted molar refractivity (Wildman–Crippen MR) is 342 cm³/mol. The summed E-state index contributed by atoms with van der Waals surface area (Å²) in [5.41, 5.74) is 0. The number of hydrogen-bond donors (Lipinski definition) is 6. The van der Waals surface area contributed by atoms with Crippen LogP contribution in [0.1, 0.15) is 231 Å². The molecular weight excluding hydrogens is 1190 g/mol. The highest BCUT2D eigenvalue weighted by molar-refractivity contribution is 7.91. The lowest BCUT2D eigenvalue weighted by atomic mass is 10.1. The second-order valence-electron chi connectivity index (χ2n) is 21.8. The fraction of sp³-hybridized carbons (Fsp3) is 0.636. The number of ether oxygens (including phenoxy) is 3.